The second-order valence-electron chi connectivity index (χ2n) is 9.36. The molecule has 0 fully saturated rings. The van der Waals surface area contributed by atoms with E-state index in [-0.39, 0.29) is 17.7 Å². The summed E-state index contributed by atoms with van der Waals surface area (Å²) in [6.07, 6.45) is 1.62. The molecule has 166 valence electrons. The van der Waals surface area contributed by atoms with Crippen molar-refractivity contribution in [3.05, 3.63) is 54.1 Å². The van der Waals surface area contributed by atoms with Gasteiger partial charge >= 0.3 is 0 Å². The van der Waals surface area contributed by atoms with Gasteiger partial charge in [-0.2, -0.15) is 0 Å². The zero-order valence-corrected chi connectivity index (χ0v) is 19.3. The first-order valence-corrected chi connectivity index (χ1v) is 11.2. The van der Waals surface area contributed by atoms with E-state index in [1.165, 1.54) is 0 Å². The summed E-state index contributed by atoms with van der Waals surface area (Å²) in [5.74, 6) is 0.928. The molecule has 0 saturated carbocycles. The molecule has 5 nitrogen and oxygen atoms in total. The monoisotopic (exact) mass is 422 g/mol. The van der Waals surface area contributed by atoms with E-state index in [0.717, 1.165) is 17.7 Å². The Kier molecular flexibility index (Phi) is 7.04. The SMILES string of the molecule is CCC(C(=O)Nc1ccc2c(c1)OCC(C)(C)C(=O)N2CCC(C)C)c1ccccc1. The van der Waals surface area contributed by atoms with Crippen LogP contribution in [0.4, 0.5) is 11.4 Å². The molecule has 1 aliphatic heterocycles. The van der Waals surface area contributed by atoms with Crippen molar-refractivity contribution in [2.24, 2.45) is 11.3 Å². The highest BCUT2D eigenvalue weighted by Gasteiger charge is 2.37. The van der Waals surface area contributed by atoms with E-state index < -0.39 is 5.41 Å². The zero-order chi connectivity index (χ0) is 22.6. The summed E-state index contributed by atoms with van der Waals surface area (Å²) >= 11 is 0. The molecule has 0 aromatic heterocycles. The van der Waals surface area contributed by atoms with Crippen LogP contribution in [-0.4, -0.2) is 25.0 Å². The van der Waals surface area contributed by atoms with Gasteiger partial charge in [0.15, 0.2) is 0 Å². The molecule has 2 aromatic rings. The molecule has 1 unspecified atom stereocenters. The Labute approximate surface area is 185 Å². The molecular formula is C26H34N2O3. The first-order valence-electron chi connectivity index (χ1n) is 11.2. The summed E-state index contributed by atoms with van der Waals surface area (Å²) in [4.78, 5) is 28.0. The molecule has 1 atom stereocenters. The minimum absolute atomic E-state index is 0.0460. The van der Waals surface area contributed by atoms with Gasteiger partial charge in [-0.15, -0.1) is 0 Å². The van der Waals surface area contributed by atoms with Crippen molar-refractivity contribution in [2.45, 2.75) is 53.4 Å². The summed E-state index contributed by atoms with van der Waals surface area (Å²) in [5.41, 5.74) is 1.83. The normalized spacial score (nSPS) is 16.3. The Hall–Kier alpha value is -2.82. The summed E-state index contributed by atoms with van der Waals surface area (Å²) in [5, 5.41) is 3.04. The predicted octanol–water partition coefficient (Wildman–Crippen LogP) is 5.62. The highest BCUT2D eigenvalue weighted by atomic mass is 16.5. The molecule has 0 spiro atoms. The van der Waals surface area contributed by atoms with Crippen molar-refractivity contribution in [3.63, 3.8) is 0 Å². The van der Waals surface area contributed by atoms with Gasteiger partial charge < -0.3 is 15.0 Å². The molecule has 5 heteroatoms. The second-order valence-corrected chi connectivity index (χ2v) is 9.36. The summed E-state index contributed by atoms with van der Waals surface area (Å²) in [6.45, 7) is 11.1. The third-order valence-electron chi connectivity index (χ3n) is 5.79. The van der Waals surface area contributed by atoms with Crippen molar-refractivity contribution in [1.29, 1.82) is 0 Å². The highest BCUT2D eigenvalue weighted by Crippen LogP contribution is 2.38. The molecule has 0 aliphatic carbocycles. The van der Waals surface area contributed by atoms with Gasteiger partial charge in [-0.3, -0.25) is 9.59 Å². The fourth-order valence-electron chi connectivity index (χ4n) is 3.82. The summed E-state index contributed by atoms with van der Waals surface area (Å²) in [6, 6.07) is 15.4. The molecule has 31 heavy (non-hydrogen) atoms. The van der Waals surface area contributed by atoms with E-state index in [1.54, 1.807) is 0 Å². The van der Waals surface area contributed by atoms with E-state index in [2.05, 4.69) is 19.2 Å². The molecule has 3 rings (SSSR count). The Bertz CT molecular complexity index is 922. The Morgan fingerprint density at radius 2 is 1.87 bits per heavy atom. The number of hydrogen-bond acceptors (Lipinski definition) is 3. The molecule has 0 radical (unpaired) electrons. The van der Waals surface area contributed by atoms with Crippen molar-refractivity contribution in [3.8, 4) is 5.75 Å². The number of anilines is 2. The van der Waals surface area contributed by atoms with Crippen molar-refractivity contribution in [1.82, 2.24) is 0 Å². The van der Waals surface area contributed by atoms with Gasteiger partial charge in [-0.1, -0.05) is 51.1 Å². The van der Waals surface area contributed by atoms with Gasteiger partial charge in [0.1, 0.15) is 12.4 Å². The van der Waals surface area contributed by atoms with Gasteiger partial charge in [0.2, 0.25) is 11.8 Å². The molecule has 2 aromatic carbocycles. The van der Waals surface area contributed by atoms with Crippen LogP contribution in [0.1, 0.15) is 58.9 Å². The van der Waals surface area contributed by atoms with Crippen LogP contribution in [0.25, 0.3) is 0 Å². The third-order valence-corrected chi connectivity index (χ3v) is 5.79. The van der Waals surface area contributed by atoms with Crippen LogP contribution in [0.15, 0.2) is 48.5 Å². The minimum Gasteiger partial charge on any atom is -0.490 e. The molecular weight excluding hydrogens is 388 g/mol. The quantitative estimate of drug-likeness (QED) is 0.630. The Morgan fingerprint density at radius 1 is 1.16 bits per heavy atom. The number of carbonyl (C=O) groups excluding carboxylic acids is 2. The van der Waals surface area contributed by atoms with Crippen LogP contribution in [-0.2, 0) is 9.59 Å². The van der Waals surface area contributed by atoms with E-state index in [1.807, 2.05) is 74.2 Å². The summed E-state index contributed by atoms with van der Waals surface area (Å²) in [7, 11) is 0. The fourth-order valence-corrected chi connectivity index (χ4v) is 3.82. The van der Waals surface area contributed by atoms with Gasteiger partial charge in [-0.25, -0.2) is 0 Å². The third kappa shape index (κ3) is 5.27. The van der Waals surface area contributed by atoms with Crippen LogP contribution in [0.2, 0.25) is 0 Å². The lowest BCUT2D eigenvalue weighted by Crippen LogP contribution is -2.42. The first-order chi connectivity index (χ1) is 14.7. The van der Waals surface area contributed by atoms with Crippen LogP contribution in [0, 0.1) is 11.3 Å². The van der Waals surface area contributed by atoms with E-state index in [4.69, 9.17) is 4.74 Å². The molecule has 1 heterocycles. The number of carbonyl (C=O) groups is 2. The minimum atomic E-state index is -0.611. The van der Waals surface area contributed by atoms with Crippen LogP contribution < -0.4 is 15.0 Å². The molecule has 0 saturated heterocycles. The maximum absolute atomic E-state index is 13.2. The lowest BCUT2D eigenvalue weighted by molar-refractivity contribution is -0.127. The lowest BCUT2D eigenvalue weighted by atomic mass is 9.92. The van der Waals surface area contributed by atoms with Crippen LogP contribution >= 0.6 is 0 Å². The van der Waals surface area contributed by atoms with Gasteiger partial charge in [0.05, 0.1) is 17.0 Å². The number of rotatable bonds is 7. The Balaban J connectivity index is 1.85. The topological polar surface area (TPSA) is 58.6 Å². The van der Waals surface area contributed by atoms with Crippen molar-refractivity contribution >= 4 is 23.2 Å². The smallest absolute Gasteiger partial charge is 0.236 e. The van der Waals surface area contributed by atoms with Crippen LogP contribution in [0.3, 0.4) is 0 Å². The van der Waals surface area contributed by atoms with E-state index in [9.17, 15) is 9.59 Å². The summed E-state index contributed by atoms with van der Waals surface area (Å²) < 4.78 is 6.05. The largest absolute Gasteiger partial charge is 0.490 e. The highest BCUT2D eigenvalue weighted by molar-refractivity contribution is 6.00. The van der Waals surface area contributed by atoms with E-state index in [0.29, 0.717) is 36.9 Å². The average molecular weight is 423 g/mol. The molecule has 0 bridgehead atoms. The average Bonchev–Trinajstić information content (AvgIpc) is 2.82. The predicted molar refractivity (Wildman–Crippen MR) is 126 cm³/mol. The first kappa shape index (κ1) is 22.9. The molecule has 1 aliphatic rings. The van der Waals surface area contributed by atoms with Crippen LogP contribution in [0.5, 0.6) is 5.75 Å². The number of hydrogen-bond donors (Lipinski definition) is 1. The van der Waals surface area contributed by atoms with Crippen molar-refractivity contribution < 1.29 is 14.3 Å². The number of amides is 2. The number of benzene rings is 2. The second kappa shape index (κ2) is 9.54. The fraction of sp³-hybridized carbons (Fsp3) is 0.462. The molecule has 2 amide bonds. The Morgan fingerprint density at radius 3 is 2.52 bits per heavy atom. The standard InChI is InChI=1S/C26H34N2O3/c1-6-21(19-10-8-7-9-11-19)24(29)27-20-12-13-22-23(16-20)31-17-26(4,5)25(30)28(22)15-14-18(2)3/h7-13,16,18,21H,6,14-15,17H2,1-5H3,(H,27,29). The molecule has 1 N–H and O–H groups in total. The number of ether oxygens (including phenoxy) is 1. The van der Waals surface area contributed by atoms with Gasteiger partial charge in [0.25, 0.3) is 0 Å². The van der Waals surface area contributed by atoms with E-state index >= 15 is 0 Å². The lowest BCUT2D eigenvalue weighted by Gasteiger charge is -2.28. The van der Waals surface area contributed by atoms with Gasteiger partial charge in [0, 0.05) is 18.3 Å². The number of nitrogens with one attached hydrogen (secondary N) is 1. The maximum Gasteiger partial charge on any atom is 0.236 e. The van der Waals surface area contributed by atoms with Crippen molar-refractivity contribution in [2.75, 3.05) is 23.4 Å². The maximum atomic E-state index is 13.2. The number of nitrogens with zero attached hydrogens (tertiary/aromatic N) is 1. The number of fused-ring (bicyclic) bond motifs is 1. The van der Waals surface area contributed by atoms with Gasteiger partial charge in [-0.05, 0) is 50.3 Å². The zero-order valence-electron chi connectivity index (χ0n) is 19.3.